The molecule has 152 valence electrons. The summed E-state index contributed by atoms with van der Waals surface area (Å²) < 4.78 is 5.15. The van der Waals surface area contributed by atoms with Crippen molar-refractivity contribution in [1.82, 2.24) is 14.9 Å². The highest BCUT2D eigenvalue weighted by Crippen LogP contribution is 2.39. The van der Waals surface area contributed by atoms with Gasteiger partial charge in [0.25, 0.3) is 0 Å². The number of nitrogens with zero attached hydrogens (tertiary/aromatic N) is 3. The minimum absolute atomic E-state index is 0.0542. The molecule has 2 aromatic heterocycles. The number of rotatable bonds is 6. The van der Waals surface area contributed by atoms with Gasteiger partial charge in [-0.3, -0.25) is 4.79 Å². The molecule has 1 aliphatic rings. The van der Waals surface area contributed by atoms with Crippen molar-refractivity contribution in [3.63, 3.8) is 0 Å². The van der Waals surface area contributed by atoms with Crippen molar-refractivity contribution >= 4 is 56.7 Å². The Morgan fingerprint density at radius 1 is 1.31 bits per heavy atom. The van der Waals surface area contributed by atoms with Gasteiger partial charge >= 0.3 is 0 Å². The van der Waals surface area contributed by atoms with Gasteiger partial charge in [0, 0.05) is 29.0 Å². The molecular formula is C20H22N4O2S3. The number of anilines is 1. The molecule has 0 unspecified atom stereocenters. The lowest BCUT2D eigenvalue weighted by atomic mass is 10.1. The summed E-state index contributed by atoms with van der Waals surface area (Å²) in [7, 11) is 3.77. The van der Waals surface area contributed by atoms with Crippen molar-refractivity contribution in [2.75, 3.05) is 38.0 Å². The fourth-order valence-corrected chi connectivity index (χ4v) is 5.97. The molecule has 0 bridgehead atoms. The van der Waals surface area contributed by atoms with E-state index in [1.54, 1.807) is 18.4 Å². The number of thiophene rings is 1. The van der Waals surface area contributed by atoms with Crippen LogP contribution in [-0.2, 0) is 17.8 Å². The smallest absolute Gasteiger partial charge is 0.234 e. The summed E-state index contributed by atoms with van der Waals surface area (Å²) in [5, 5.41) is 5.73. The van der Waals surface area contributed by atoms with Gasteiger partial charge in [0.2, 0.25) is 5.91 Å². The van der Waals surface area contributed by atoms with Crippen molar-refractivity contribution in [1.29, 1.82) is 0 Å². The molecule has 0 aliphatic carbocycles. The quantitative estimate of drug-likeness (QED) is 0.347. The summed E-state index contributed by atoms with van der Waals surface area (Å²) in [6.45, 7) is 1.98. The third kappa shape index (κ3) is 4.53. The monoisotopic (exact) mass is 446 g/mol. The molecule has 1 aliphatic heterocycles. The average Bonchev–Trinajstić information content (AvgIpc) is 3.09. The first-order chi connectivity index (χ1) is 14.1. The van der Waals surface area contributed by atoms with Crippen molar-refractivity contribution in [3.05, 3.63) is 34.7 Å². The first kappa shape index (κ1) is 20.5. The molecule has 0 atom stereocenters. The largest absolute Gasteiger partial charge is 0.497 e. The van der Waals surface area contributed by atoms with Gasteiger partial charge in [0.1, 0.15) is 15.6 Å². The Kier molecular flexibility index (Phi) is 6.29. The van der Waals surface area contributed by atoms with Crippen LogP contribution in [0.4, 0.5) is 5.69 Å². The third-order valence-electron chi connectivity index (χ3n) is 4.73. The zero-order valence-corrected chi connectivity index (χ0v) is 19.0. The second kappa shape index (κ2) is 8.91. The normalized spacial score (nSPS) is 14.0. The van der Waals surface area contributed by atoms with Crippen LogP contribution in [0.1, 0.15) is 10.4 Å². The predicted molar refractivity (Wildman–Crippen MR) is 122 cm³/mol. The summed E-state index contributed by atoms with van der Waals surface area (Å²) in [6.07, 6.45) is 2.98. The second-order valence-corrected chi connectivity index (χ2v) is 9.57. The number of hydrogen-bond acceptors (Lipinski definition) is 8. The number of aromatic nitrogens is 2. The molecule has 3 aromatic rings. The number of fused-ring (bicyclic) bond motifs is 3. The fourth-order valence-electron chi connectivity index (χ4n) is 3.27. The zero-order valence-electron chi connectivity index (χ0n) is 16.5. The summed E-state index contributed by atoms with van der Waals surface area (Å²) >= 11 is 4.77. The number of ether oxygens (including phenoxy) is 1. The topological polar surface area (TPSA) is 67.3 Å². The van der Waals surface area contributed by atoms with E-state index in [0.717, 1.165) is 51.3 Å². The van der Waals surface area contributed by atoms with Crippen LogP contribution in [0, 0.1) is 0 Å². The van der Waals surface area contributed by atoms with Gasteiger partial charge in [-0.2, -0.15) is 0 Å². The molecule has 0 saturated heterocycles. The van der Waals surface area contributed by atoms with Gasteiger partial charge in [-0.25, -0.2) is 9.97 Å². The Labute approximate surface area is 182 Å². The number of carbonyl (C=O) groups is 1. The van der Waals surface area contributed by atoms with Crippen molar-refractivity contribution in [2.24, 2.45) is 0 Å². The number of likely N-dealkylation sites (N-methyl/N-ethyl adjacent to an activating group) is 1. The lowest BCUT2D eigenvalue weighted by Gasteiger charge is -2.22. The molecule has 1 N–H and O–H groups in total. The minimum atomic E-state index is -0.0542. The minimum Gasteiger partial charge on any atom is -0.497 e. The van der Waals surface area contributed by atoms with Crippen LogP contribution in [0.15, 0.2) is 34.4 Å². The van der Waals surface area contributed by atoms with E-state index in [2.05, 4.69) is 17.3 Å². The molecule has 6 nitrogen and oxygen atoms in total. The molecule has 0 spiro atoms. The first-order valence-electron chi connectivity index (χ1n) is 9.19. The Morgan fingerprint density at radius 2 is 2.10 bits per heavy atom. The Balaban J connectivity index is 1.54. The molecule has 1 aromatic carbocycles. The second-order valence-electron chi connectivity index (χ2n) is 6.75. The number of carbonyl (C=O) groups excluding carboxylic acids is 1. The Bertz CT molecular complexity index is 1040. The highest BCUT2D eigenvalue weighted by Gasteiger charge is 2.23. The van der Waals surface area contributed by atoms with Gasteiger partial charge < -0.3 is 15.0 Å². The first-order valence-corrected chi connectivity index (χ1v) is 12.2. The van der Waals surface area contributed by atoms with E-state index in [1.165, 1.54) is 34.0 Å². The van der Waals surface area contributed by atoms with Crippen LogP contribution in [0.3, 0.4) is 0 Å². The molecule has 3 heterocycles. The number of hydrogen-bond donors (Lipinski definition) is 1. The van der Waals surface area contributed by atoms with E-state index in [9.17, 15) is 4.79 Å². The lowest BCUT2D eigenvalue weighted by molar-refractivity contribution is -0.113. The zero-order chi connectivity index (χ0) is 20.4. The number of thioether (sulfide) groups is 2. The van der Waals surface area contributed by atoms with Gasteiger partial charge in [-0.05, 0) is 49.6 Å². The Morgan fingerprint density at radius 3 is 2.83 bits per heavy atom. The van der Waals surface area contributed by atoms with Crippen LogP contribution in [0.5, 0.6) is 5.75 Å². The summed E-state index contributed by atoms with van der Waals surface area (Å²) in [4.78, 5) is 26.7. The van der Waals surface area contributed by atoms with E-state index in [0.29, 0.717) is 5.75 Å². The van der Waals surface area contributed by atoms with Crippen LogP contribution >= 0.6 is 34.9 Å². The van der Waals surface area contributed by atoms with E-state index < -0.39 is 0 Å². The van der Waals surface area contributed by atoms with E-state index >= 15 is 0 Å². The van der Waals surface area contributed by atoms with Gasteiger partial charge in [0.15, 0.2) is 5.16 Å². The summed E-state index contributed by atoms with van der Waals surface area (Å²) in [5.74, 6) is 1.01. The molecule has 0 radical (unpaired) electrons. The third-order valence-corrected chi connectivity index (χ3v) is 7.37. The molecule has 9 heteroatoms. The average molecular weight is 447 g/mol. The molecule has 4 rings (SSSR count). The highest BCUT2D eigenvalue weighted by atomic mass is 32.2. The van der Waals surface area contributed by atoms with Crippen LogP contribution in [0.2, 0.25) is 0 Å². The Hall–Kier alpha value is -1.81. The van der Waals surface area contributed by atoms with Crippen molar-refractivity contribution in [3.8, 4) is 5.75 Å². The maximum absolute atomic E-state index is 12.5. The molecular weight excluding hydrogens is 424 g/mol. The van der Waals surface area contributed by atoms with E-state index in [4.69, 9.17) is 14.7 Å². The molecule has 0 fully saturated rings. The summed E-state index contributed by atoms with van der Waals surface area (Å²) in [5.41, 5.74) is 2.11. The number of nitrogens with one attached hydrogen (secondary N) is 1. The molecule has 1 amide bonds. The lowest BCUT2D eigenvalue weighted by Crippen LogP contribution is -2.25. The van der Waals surface area contributed by atoms with Gasteiger partial charge in [-0.1, -0.05) is 23.5 Å². The fraction of sp³-hybridized carbons (Fsp3) is 0.350. The number of amides is 1. The van der Waals surface area contributed by atoms with Crippen LogP contribution in [-0.4, -0.2) is 53.5 Å². The van der Waals surface area contributed by atoms with Gasteiger partial charge in [-0.15, -0.1) is 11.3 Å². The SMILES string of the molecule is COc1ccc(NC(=O)CSc2nc(SC)nc3sc4c(c23)CCN(C)C4)cc1. The number of methoxy groups -OCH3 is 1. The highest BCUT2D eigenvalue weighted by molar-refractivity contribution is 8.00. The maximum atomic E-state index is 12.5. The van der Waals surface area contributed by atoms with E-state index in [1.807, 2.05) is 30.5 Å². The molecule has 29 heavy (non-hydrogen) atoms. The molecule has 0 saturated carbocycles. The summed E-state index contributed by atoms with van der Waals surface area (Å²) in [6, 6.07) is 7.33. The standard InChI is InChI=1S/C20H22N4O2S3/c1-24-9-8-14-15(10-24)29-19-17(14)18(22-20(23-19)27-3)28-11-16(25)21-12-4-6-13(26-2)7-5-12/h4-7H,8-11H2,1-3H3,(H,21,25). The van der Waals surface area contributed by atoms with Crippen molar-refractivity contribution < 1.29 is 9.53 Å². The van der Waals surface area contributed by atoms with Crippen LogP contribution in [0.25, 0.3) is 10.2 Å². The van der Waals surface area contributed by atoms with Crippen molar-refractivity contribution in [2.45, 2.75) is 23.1 Å². The predicted octanol–water partition coefficient (Wildman–Crippen LogP) is 4.14. The van der Waals surface area contributed by atoms with E-state index in [-0.39, 0.29) is 5.91 Å². The number of benzene rings is 1. The maximum Gasteiger partial charge on any atom is 0.234 e. The van der Waals surface area contributed by atoms with Gasteiger partial charge in [0.05, 0.1) is 12.9 Å². The van der Waals surface area contributed by atoms with Crippen LogP contribution < -0.4 is 10.1 Å².